The van der Waals surface area contributed by atoms with Crippen LogP contribution >= 0.6 is 0 Å². The van der Waals surface area contributed by atoms with E-state index in [0.717, 1.165) is 18.4 Å². The highest BCUT2D eigenvalue weighted by atomic mass is 16.5. The van der Waals surface area contributed by atoms with Crippen LogP contribution in [0.1, 0.15) is 81.1 Å². The first-order valence-electron chi connectivity index (χ1n) is 9.39. The molecule has 4 nitrogen and oxygen atoms in total. The van der Waals surface area contributed by atoms with Crippen molar-refractivity contribution in [2.75, 3.05) is 6.61 Å². The Labute approximate surface area is 168 Å². The van der Waals surface area contributed by atoms with E-state index in [0.29, 0.717) is 5.75 Å². The molecule has 0 spiro atoms. The number of carboxylic acids is 1. The van der Waals surface area contributed by atoms with Gasteiger partial charge in [0.25, 0.3) is 0 Å². The number of hydrogen-bond acceptors (Lipinski definition) is 3. The Kier molecular flexibility index (Phi) is 6.24. The summed E-state index contributed by atoms with van der Waals surface area (Å²) >= 11 is 0. The Morgan fingerprint density at radius 3 is 2.14 bits per heavy atom. The highest BCUT2D eigenvalue weighted by Crippen LogP contribution is 2.46. The topological polar surface area (TPSA) is 66.8 Å². The van der Waals surface area contributed by atoms with Crippen molar-refractivity contribution >= 4 is 5.97 Å². The standard InChI is InChI=1S/C23H28O4.CH4/c1-22(2)11-12-23(3,4)19-13-16(7-10-18(19)22)20(24)14-27-17-8-5-15(6-9-17)21(25)26;/h5-10,13,20,24H,11-12,14H2,1-4H3,(H,25,26);1H4. The molecule has 1 atom stereocenters. The number of rotatable bonds is 5. The molecule has 1 aliphatic rings. The summed E-state index contributed by atoms with van der Waals surface area (Å²) in [6.07, 6.45) is 1.54. The second-order valence-corrected chi connectivity index (χ2v) is 8.73. The summed E-state index contributed by atoms with van der Waals surface area (Å²) in [4.78, 5) is 10.9. The fraction of sp³-hybridized carbons (Fsp3) is 0.458. The van der Waals surface area contributed by atoms with Crippen LogP contribution < -0.4 is 4.74 Å². The van der Waals surface area contributed by atoms with Crippen LogP contribution in [0.3, 0.4) is 0 Å². The second kappa shape index (κ2) is 7.96. The molecule has 0 aromatic heterocycles. The lowest BCUT2D eigenvalue weighted by Gasteiger charge is -2.42. The van der Waals surface area contributed by atoms with E-state index in [4.69, 9.17) is 9.84 Å². The van der Waals surface area contributed by atoms with Gasteiger partial charge < -0.3 is 14.9 Å². The Bertz CT molecular complexity index is 834. The average molecular weight is 385 g/mol. The van der Waals surface area contributed by atoms with Gasteiger partial charge in [-0.25, -0.2) is 4.79 Å². The van der Waals surface area contributed by atoms with Crippen molar-refractivity contribution in [1.29, 1.82) is 0 Å². The number of aromatic carboxylic acids is 1. The van der Waals surface area contributed by atoms with E-state index in [1.165, 1.54) is 23.3 Å². The maximum Gasteiger partial charge on any atom is 0.335 e. The van der Waals surface area contributed by atoms with Crippen LogP contribution in [0.4, 0.5) is 0 Å². The van der Waals surface area contributed by atoms with E-state index in [2.05, 4.69) is 39.8 Å². The molecule has 0 saturated carbocycles. The largest absolute Gasteiger partial charge is 0.491 e. The number of benzene rings is 2. The molecule has 0 bridgehead atoms. The lowest BCUT2D eigenvalue weighted by atomic mass is 9.63. The van der Waals surface area contributed by atoms with Crippen molar-refractivity contribution in [1.82, 2.24) is 0 Å². The number of ether oxygens (including phenoxy) is 1. The summed E-state index contributed by atoms with van der Waals surface area (Å²) in [5.74, 6) is -0.431. The van der Waals surface area contributed by atoms with Gasteiger partial charge in [0.15, 0.2) is 0 Å². The number of aliphatic hydroxyl groups excluding tert-OH is 1. The maximum absolute atomic E-state index is 10.9. The summed E-state index contributed by atoms with van der Waals surface area (Å²) < 4.78 is 5.65. The SMILES string of the molecule is C.CC1(C)CCC(C)(C)c2cc(C(O)COc3ccc(C(=O)O)cc3)ccc21. The molecule has 4 heteroatoms. The second-order valence-electron chi connectivity index (χ2n) is 8.73. The molecule has 152 valence electrons. The van der Waals surface area contributed by atoms with Crippen LogP contribution in [0.25, 0.3) is 0 Å². The molecule has 0 heterocycles. The quantitative estimate of drug-likeness (QED) is 0.716. The van der Waals surface area contributed by atoms with Gasteiger partial charge in [-0.2, -0.15) is 0 Å². The monoisotopic (exact) mass is 384 g/mol. The molecular weight excluding hydrogens is 352 g/mol. The van der Waals surface area contributed by atoms with Crippen LogP contribution in [0.15, 0.2) is 42.5 Å². The number of aliphatic hydroxyl groups is 1. The lowest BCUT2D eigenvalue weighted by Crippen LogP contribution is -2.34. The molecule has 28 heavy (non-hydrogen) atoms. The van der Waals surface area contributed by atoms with Gasteiger partial charge in [0, 0.05) is 0 Å². The first kappa shape index (κ1) is 22.0. The van der Waals surface area contributed by atoms with E-state index in [1.807, 2.05) is 6.07 Å². The molecule has 1 aliphatic carbocycles. The van der Waals surface area contributed by atoms with Gasteiger partial charge in [-0.1, -0.05) is 53.3 Å². The van der Waals surface area contributed by atoms with E-state index < -0.39 is 12.1 Å². The van der Waals surface area contributed by atoms with Crippen LogP contribution in [-0.4, -0.2) is 22.8 Å². The van der Waals surface area contributed by atoms with Gasteiger partial charge in [0.2, 0.25) is 0 Å². The fourth-order valence-electron chi connectivity index (χ4n) is 3.78. The van der Waals surface area contributed by atoms with Crippen LogP contribution in [0.2, 0.25) is 0 Å². The van der Waals surface area contributed by atoms with Crippen LogP contribution in [0, 0.1) is 0 Å². The predicted octanol–water partition coefficient (Wildman–Crippen LogP) is 5.48. The van der Waals surface area contributed by atoms with E-state index >= 15 is 0 Å². The number of carbonyl (C=O) groups is 1. The minimum Gasteiger partial charge on any atom is -0.491 e. The third kappa shape index (κ3) is 4.39. The van der Waals surface area contributed by atoms with Crippen molar-refractivity contribution in [3.05, 3.63) is 64.7 Å². The van der Waals surface area contributed by atoms with E-state index in [-0.39, 0.29) is 30.4 Å². The minimum absolute atomic E-state index is 0. The van der Waals surface area contributed by atoms with Crippen molar-refractivity contribution < 1.29 is 19.7 Å². The molecule has 1 unspecified atom stereocenters. The Morgan fingerprint density at radius 1 is 1.00 bits per heavy atom. The molecule has 0 radical (unpaired) electrons. The highest BCUT2D eigenvalue weighted by Gasteiger charge is 2.37. The maximum atomic E-state index is 10.9. The number of fused-ring (bicyclic) bond motifs is 1. The Morgan fingerprint density at radius 2 is 1.57 bits per heavy atom. The van der Waals surface area contributed by atoms with Gasteiger partial charge in [0.1, 0.15) is 18.5 Å². The zero-order chi connectivity index (χ0) is 19.8. The Balaban J connectivity index is 0.00000280. The molecular formula is C24H32O4. The van der Waals surface area contributed by atoms with Gasteiger partial charge in [-0.3, -0.25) is 0 Å². The molecule has 2 N–H and O–H groups in total. The third-order valence-corrected chi connectivity index (χ3v) is 5.77. The van der Waals surface area contributed by atoms with Crippen molar-refractivity contribution in [3.63, 3.8) is 0 Å². The van der Waals surface area contributed by atoms with Gasteiger partial charge in [-0.15, -0.1) is 0 Å². The fourth-order valence-corrected chi connectivity index (χ4v) is 3.78. The predicted molar refractivity (Wildman–Crippen MR) is 112 cm³/mol. The van der Waals surface area contributed by atoms with E-state index in [1.54, 1.807) is 12.1 Å². The van der Waals surface area contributed by atoms with Gasteiger partial charge in [0.05, 0.1) is 5.56 Å². The Hall–Kier alpha value is -2.33. The summed E-state index contributed by atoms with van der Waals surface area (Å²) in [7, 11) is 0. The molecule has 3 rings (SSSR count). The summed E-state index contributed by atoms with van der Waals surface area (Å²) in [6, 6.07) is 12.5. The third-order valence-electron chi connectivity index (χ3n) is 5.77. The van der Waals surface area contributed by atoms with Gasteiger partial charge >= 0.3 is 5.97 Å². The average Bonchev–Trinajstić information content (AvgIpc) is 2.63. The molecule has 2 aromatic rings. The zero-order valence-electron chi connectivity index (χ0n) is 16.5. The van der Waals surface area contributed by atoms with Crippen LogP contribution in [-0.2, 0) is 10.8 Å². The van der Waals surface area contributed by atoms with Crippen molar-refractivity contribution in [2.45, 2.75) is 64.9 Å². The summed E-state index contributed by atoms with van der Waals surface area (Å²) in [5, 5.41) is 19.5. The first-order valence-corrected chi connectivity index (χ1v) is 9.39. The van der Waals surface area contributed by atoms with Crippen molar-refractivity contribution in [3.8, 4) is 5.75 Å². The molecule has 0 saturated heterocycles. The number of hydrogen-bond donors (Lipinski definition) is 2. The van der Waals surface area contributed by atoms with E-state index in [9.17, 15) is 9.90 Å². The lowest BCUT2D eigenvalue weighted by molar-refractivity contribution is 0.0696. The zero-order valence-corrected chi connectivity index (χ0v) is 16.5. The first-order chi connectivity index (χ1) is 12.6. The smallest absolute Gasteiger partial charge is 0.335 e. The molecule has 0 amide bonds. The van der Waals surface area contributed by atoms with Crippen molar-refractivity contribution in [2.24, 2.45) is 0 Å². The molecule has 2 aromatic carbocycles. The summed E-state index contributed by atoms with van der Waals surface area (Å²) in [6.45, 7) is 9.20. The highest BCUT2D eigenvalue weighted by molar-refractivity contribution is 5.87. The molecule has 0 aliphatic heterocycles. The number of carboxylic acid groups (broad SMARTS) is 1. The van der Waals surface area contributed by atoms with Crippen LogP contribution in [0.5, 0.6) is 5.75 Å². The normalized spacial score (nSPS) is 17.8. The van der Waals surface area contributed by atoms with Gasteiger partial charge in [-0.05, 0) is 64.6 Å². The molecule has 0 fully saturated rings. The minimum atomic E-state index is -0.971. The summed E-state index contributed by atoms with van der Waals surface area (Å²) in [5.41, 5.74) is 3.97.